The minimum atomic E-state index is -0.230. The minimum absolute atomic E-state index is 0.0673. The molecule has 1 amide bonds. The lowest BCUT2D eigenvalue weighted by molar-refractivity contribution is -0.140. The molecule has 0 aromatic carbocycles. The van der Waals surface area contributed by atoms with Gasteiger partial charge in [-0.1, -0.05) is 6.07 Å². The number of likely N-dealkylation sites (tertiary alicyclic amines) is 1. The van der Waals surface area contributed by atoms with Gasteiger partial charge < -0.3 is 10.1 Å². The Morgan fingerprint density at radius 3 is 2.79 bits per heavy atom. The molecule has 0 bridgehead atoms. The zero-order valence-electron chi connectivity index (χ0n) is 14.2. The van der Waals surface area contributed by atoms with E-state index in [2.05, 4.69) is 21.3 Å². The van der Waals surface area contributed by atoms with Gasteiger partial charge in [0, 0.05) is 32.4 Å². The maximum atomic E-state index is 12.3. The molecule has 1 atom stereocenters. The molecule has 3 heterocycles. The second kappa shape index (κ2) is 6.81. The number of amides is 1. The summed E-state index contributed by atoms with van der Waals surface area (Å²) in [5, 5.41) is 3.07. The largest absolute Gasteiger partial charge is 0.362 e. The van der Waals surface area contributed by atoms with Crippen LogP contribution in [0.5, 0.6) is 0 Å². The second-order valence-corrected chi connectivity index (χ2v) is 7.61. The number of piperidine rings is 1. The summed E-state index contributed by atoms with van der Waals surface area (Å²) in [6.45, 7) is 3.78. The third-order valence-corrected chi connectivity index (χ3v) is 5.69. The Morgan fingerprint density at radius 2 is 2.08 bits per heavy atom. The maximum Gasteiger partial charge on any atom is 0.249 e. The van der Waals surface area contributed by atoms with Gasteiger partial charge in [0.25, 0.3) is 0 Å². The van der Waals surface area contributed by atoms with Crippen LogP contribution in [0.4, 0.5) is 0 Å². The molecule has 0 unspecified atom stereocenters. The van der Waals surface area contributed by atoms with E-state index in [0.29, 0.717) is 0 Å². The number of carbonyl (C=O) groups is 1. The van der Waals surface area contributed by atoms with Gasteiger partial charge in [-0.3, -0.25) is 14.7 Å². The van der Waals surface area contributed by atoms with E-state index in [-0.39, 0.29) is 17.6 Å². The highest BCUT2D eigenvalue weighted by atomic mass is 16.5. The molecule has 24 heavy (non-hydrogen) atoms. The van der Waals surface area contributed by atoms with Crippen LogP contribution in [-0.2, 0) is 16.1 Å². The van der Waals surface area contributed by atoms with Crippen molar-refractivity contribution < 1.29 is 9.53 Å². The summed E-state index contributed by atoms with van der Waals surface area (Å²) >= 11 is 0. The highest BCUT2D eigenvalue weighted by molar-refractivity contribution is 5.81. The molecule has 1 aromatic heterocycles. The molecule has 3 aliphatic rings. The van der Waals surface area contributed by atoms with Crippen LogP contribution in [0.15, 0.2) is 24.4 Å². The SMILES string of the molecule is O=C(NCC1CC1)[C@H]1CCC2(CCN(Cc3ccccn3)CC2)O1. The monoisotopic (exact) mass is 329 g/mol. The van der Waals surface area contributed by atoms with Gasteiger partial charge in [-0.2, -0.15) is 0 Å². The van der Waals surface area contributed by atoms with Gasteiger partial charge in [0.2, 0.25) is 5.91 Å². The number of nitrogens with one attached hydrogen (secondary N) is 1. The Morgan fingerprint density at radius 1 is 1.25 bits per heavy atom. The zero-order valence-corrected chi connectivity index (χ0v) is 14.2. The second-order valence-electron chi connectivity index (χ2n) is 7.61. The molecule has 1 aliphatic carbocycles. The molecule has 4 rings (SSSR count). The molecule has 1 spiro atoms. The average Bonchev–Trinajstić information content (AvgIpc) is 3.36. The molecule has 5 heteroatoms. The zero-order chi connectivity index (χ0) is 16.4. The quantitative estimate of drug-likeness (QED) is 0.899. The van der Waals surface area contributed by atoms with Crippen molar-refractivity contribution in [2.75, 3.05) is 19.6 Å². The summed E-state index contributed by atoms with van der Waals surface area (Å²) in [4.78, 5) is 19.1. The molecule has 1 aromatic rings. The highest BCUT2D eigenvalue weighted by Crippen LogP contribution is 2.39. The van der Waals surface area contributed by atoms with Crippen LogP contribution in [0.1, 0.15) is 44.2 Å². The van der Waals surface area contributed by atoms with Crippen molar-refractivity contribution in [2.24, 2.45) is 5.92 Å². The molecule has 1 saturated carbocycles. The van der Waals surface area contributed by atoms with Crippen LogP contribution in [-0.4, -0.2) is 47.1 Å². The molecule has 0 radical (unpaired) electrons. The Balaban J connectivity index is 1.25. The number of pyridine rings is 1. The van der Waals surface area contributed by atoms with E-state index < -0.39 is 0 Å². The molecular formula is C19H27N3O2. The third-order valence-electron chi connectivity index (χ3n) is 5.69. The first kappa shape index (κ1) is 16.0. The van der Waals surface area contributed by atoms with Gasteiger partial charge >= 0.3 is 0 Å². The van der Waals surface area contributed by atoms with Crippen LogP contribution >= 0.6 is 0 Å². The summed E-state index contributed by atoms with van der Waals surface area (Å²) < 4.78 is 6.25. The topological polar surface area (TPSA) is 54.5 Å². The first-order valence-corrected chi connectivity index (χ1v) is 9.30. The minimum Gasteiger partial charge on any atom is -0.362 e. The van der Waals surface area contributed by atoms with E-state index in [4.69, 9.17) is 4.74 Å². The number of aromatic nitrogens is 1. The first-order valence-electron chi connectivity index (χ1n) is 9.30. The lowest BCUT2D eigenvalue weighted by Crippen LogP contribution is -2.45. The fourth-order valence-corrected chi connectivity index (χ4v) is 3.89. The van der Waals surface area contributed by atoms with E-state index in [0.717, 1.165) is 63.5 Å². The number of ether oxygens (including phenoxy) is 1. The normalized spacial score (nSPS) is 26.6. The number of rotatable bonds is 5. The van der Waals surface area contributed by atoms with Crippen LogP contribution < -0.4 is 5.32 Å². The standard InChI is InChI=1S/C19H27N3O2/c23-18(21-13-15-4-5-15)17-6-7-19(24-17)8-11-22(12-9-19)14-16-3-1-2-10-20-16/h1-3,10,15,17H,4-9,11-14H2,(H,21,23)/t17-/m1/s1. The van der Waals surface area contributed by atoms with Gasteiger partial charge in [-0.25, -0.2) is 0 Å². The van der Waals surface area contributed by atoms with E-state index in [1.54, 1.807) is 0 Å². The van der Waals surface area contributed by atoms with Crippen LogP contribution in [0.25, 0.3) is 0 Å². The lowest BCUT2D eigenvalue weighted by Gasteiger charge is -2.38. The van der Waals surface area contributed by atoms with Gasteiger partial charge in [0.05, 0.1) is 11.3 Å². The van der Waals surface area contributed by atoms with E-state index >= 15 is 0 Å². The molecule has 3 fully saturated rings. The van der Waals surface area contributed by atoms with E-state index in [1.165, 1.54) is 12.8 Å². The highest BCUT2D eigenvalue weighted by Gasteiger charge is 2.44. The summed E-state index contributed by atoms with van der Waals surface area (Å²) in [6, 6.07) is 6.07. The van der Waals surface area contributed by atoms with Gasteiger partial charge in [-0.05, 0) is 56.6 Å². The van der Waals surface area contributed by atoms with Crippen LogP contribution in [0, 0.1) is 5.92 Å². The van der Waals surface area contributed by atoms with Crippen molar-refractivity contribution in [1.82, 2.24) is 15.2 Å². The number of nitrogens with zero attached hydrogens (tertiary/aromatic N) is 2. The van der Waals surface area contributed by atoms with Crippen molar-refractivity contribution in [2.45, 2.75) is 56.8 Å². The number of hydrogen-bond donors (Lipinski definition) is 1. The van der Waals surface area contributed by atoms with Crippen molar-refractivity contribution in [3.63, 3.8) is 0 Å². The van der Waals surface area contributed by atoms with Crippen molar-refractivity contribution in [1.29, 1.82) is 0 Å². The molecule has 5 nitrogen and oxygen atoms in total. The number of carbonyl (C=O) groups excluding carboxylic acids is 1. The van der Waals surface area contributed by atoms with Gasteiger partial charge in [-0.15, -0.1) is 0 Å². The Kier molecular flexibility index (Phi) is 4.55. The predicted molar refractivity (Wildman–Crippen MR) is 91.3 cm³/mol. The maximum absolute atomic E-state index is 12.3. The molecule has 2 aliphatic heterocycles. The van der Waals surface area contributed by atoms with E-state index in [9.17, 15) is 4.79 Å². The van der Waals surface area contributed by atoms with Crippen molar-refractivity contribution >= 4 is 5.91 Å². The molecule has 1 N–H and O–H groups in total. The van der Waals surface area contributed by atoms with Crippen LogP contribution in [0.3, 0.4) is 0 Å². The predicted octanol–water partition coefficient (Wildman–Crippen LogP) is 2.12. The Hall–Kier alpha value is -1.46. The Bertz CT molecular complexity index is 565. The van der Waals surface area contributed by atoms with Crippen molar-refractivity contribution in [3.05, 3.63) is 30.1 Å². The van der Waals surface area contributed by atoms with Gasteiger partial charge in [0.15, 0.2) is 0 Å². The summed E-state index contributed by atoms with van der Waals surface area (Å²) in [5.41, 5.74) is 1.06. The smallest absolute Gasteiger partial charge is 0.249 e. The first-order chi connectivity index (χ1) is 11.7. The molecule has 130 valence electrons. The summed E-state index contributed by atoms with van der Waals surface area (Å²) in [7, 11) is 0. The van der Waals surface area contributed by atoms with Crippen LogP contribution in [0.2, 0.25) is 0 Å². The lowest BCUT2D eigenvalue weighted by atomic mass is 9.88. The van der Waals surface area contributed by atoms with Gasteiger partial charge in [0.1, 0.15) is 6.10 Å². The fraction of sp³-hybridized carbons (Fsp3) is 0.684. The molecular weight excluding hydrogens is 302 g/mol. The average molecular weight is 329 g/mol. The summed E-state index contributed by atoms with van der Waals surface area (Å²) in [5.74, 6) is 0.828. The van der Waals surface area contributed by atoms with Crippen molar-refractivity contribution in [3.8, 4) is 0 Å². The summed E-state index contributed by atoms with van der Waals surface area (Å²) in [6.07, 6.45) is 8.09. The third kappa shape index (κ3) is 3.78. The van der Waals surface area contributed by atoms with E-state index in [1.807, 2.05) is 18.3 Å². The molecule has 2 saturated heterocycles. The Labute approximate surface area is 143 Å². The number of hydrogen-bond acceptors (Lipinski definition) is 4. The fourth-order valence-electron chi connectivity index (χ4n) is 3.89.